The van der Waals surface area contributed by atoms with Crippen LogP contribution >= 0.6 is 22.7 Å². The zero-order valence-corrected chi connectivity index (χ0v) is 21.8. The summed E-state index contributed by atoms with van der Waals surface area (Å²) >= 11 is 3.75. The van der Waals surface area contributed by atoms with E-state index in [0.29, 0.717) is 11.8 Å². The molecule has 0 saturated carbocycles. The van der Waals surface area contributed by atoms with Crippen molar-refractivity contribution < 1.29 is 0 Å². The molecule has 0 nitrogen and oxygen atoms in total. The number of fused-ring (bicyclic) bond motifs is 2. The summed E-state index contributed by atoms with van der Waals surface area (Å²) in [6.45, 7) is 17.5. The number of thiophene rings is 2. The first-order valence-electron chi connectivity index (χ1n) is 11.3. The van der Waals surface area contributed by atoms with Gasteiger partial charge in [-0.1, -0.05) is 105 Å². The monoisotopic (exact) mass is 440 g/mol. The van der Waals surface area contributed by atoms with Crippen molar-refractivity contribution >= 4 is 42.8 Å². The van der Waals surface area contributed by atoms with E-state index in [0.717, 1.165) is 0 Å². The second-order valence-electron chi connectivity index (χ2n) is 8.10. The second kappa shape index (κ2) is 14.4. The zero-order chi connectivity index (χ0) is 22.5. The molecular formula is C28H40S2. The first kappa shape index (κ1) is 26.4. The molecular weight excluding hydrogens is 400 g/mol. The van der Waals surface area contributed by atoms with E-state index >= 15 is 0 Å². The van der Waals surface area contributed by atoms with Crippen LogP contribution in [0.25, 0.3) is 20.2 Å². The van der Waals surface area contributed by atoms with Gasteiger partial charge in [0.25, 0.3) is 0 Å². The minimum atomic E-state index is 0.640. The molecule has 0 radical (unpaired) electrons. The second-order valence-corrected chi connectivity index (χ2v) is 10.1. The SMILES string of the molecule is CC(C)c1cc2ccccc2s1.CC(C)c1csc2ccccc12.CCC.CCC. The van der Waals surface area contributed by atoms with E-state index in [1.54, 1.807) is 0 Å². The van der Waals surface area contributed by atoms with Gasteiger partial charge in [0.2, 0.25) is 0 Å². The summed E-state index contributed by atoms with van der Waals surface area (Å²) in [5.74, 6) is 1.29. The lowest BCUT2D eigenvalue weighted by atomic mass is 10.0. The zero-order valence-electron chi connectivity index (χ0n) is 20.2. The van der Waals surface area contributed by atoms with Crippen molar-refractivity contribution in [3.8, 4) is 0 Å². The summed E-state index contributed by atoms with van der Waals surface area (Å²) in [6.07, 6.45) is 2.50. The van der Waals surface area contributed by atoms with Gasteiger partial charge in [-0.15, -0.1) is 22.7 Å². The van der Waals surface area contributed by atoms with E-state index in [1.165, 1.54) is 43.5 Å². The van der Waals surface area contributed by atoms with Crippen molar-refractivity contribution in [3.63, 3.8) is 0 Å². The molecule has 164 valence electrons. The Morgan fingerprint density at radius 3 is 1.77 bits per heavy atom. The summed E-state index contributed by atoms with van der Waals surface area (Å²) in [5, 5.41) is 5.08. The van der Waals surface area contributed by atoms with Crippen molar-refractivity contribution in [2.45, 2.75) is 80.1 Å². The third kappa shape index (κ3) is 8.24. The van der Waals surface area contributed by atoms with E-state index in [9.17, 15) is 0 Å². The fourth-order valence-corrected chi connectivity index (χ4v) is 4.92. The summed E-state index contributed by atoms with van der Waals surface area (Å²) in [7, 11) is 0. The van der Waals surface area contributed by atoms with Crippen LogP contribution < -0.4 is 0 Å². The van der Waals surface area contributed by atoms with Crippen LogP contribution in [0.3, 0.4) is 0 Å². The third-order valence-corrected chi connectivity index (χ3v) is 6.54. The molecule has 0 atom stereocenters. The molecule has 0 aliphatic rings. The topological polar surface area (TPSA) is 0 Å². The largest absolute Gasteiger partial charge is 0.144 e. The summed E-state index contributed by atoms with van der Waals surface area (Å²) in [5.41, 5.74) is 1.48. The van der Waals surface area contributed by atoms with Gasteiger partial charge in [0.05, 0.1) is 0 Å². The summed E-state index contributed by atoms with van der Waals surface area (Å²) in [6, 6.07) is 19.5. The molecule has 0 aliphatic heterocycles. The van der Waals surface area contributed by atoms with Crippen LogP contribution in [-0.2, 0) is 0 Å². The number of benzene rings is 2. The Hall–Kier alpha value is -1.64. The normalized spacial score (nSPS) is 10.2. The summed E-state index contributed by atoms with van der Waals surface area (Å²) < 4.78 is 2.81. The first-order valence-corrected chi connectivity index (χ1v) is 13.0. The van der Waals surface area contributed by atoms with Crippen LogP contribution in [0, 0.1) is 0 Å². The molecule has 0 bridgehead atoms. The lowest BCUT2D eigenvalue weighted by Gasteiger charge is -2.01. The molecule has 0 fully saturated rings. The molecule has 4 aromatic rings. The molecule has 0 saturated heterocycles. The maximum Gasteiger partial charge on any atom is 0.0345 e. The Morgan fingerprint density at radius 2 is 1.23 bits per heavy atom. The van der Waals surface area contributed by atoms with Crippen molar-refractivity contribution in [2.75, 3.05) is 0 Å². The summed E-state index contributed by atoms with van der Waals surface area (Å²) in [4.78, 5) is 1.48. The standard InChI is InChI=1S/2C11H12S.2C3H8/c1-8(2)10-7-12-11-6-4-3-5-9(10)11;1-8(2)11-7-9-5-3-4-6-10(9)12-11;2*1-3-2/h2*3-8H,1-2H3;2*3H2,1-2H3. The van der Waals surface area contributed by atoms with Gasteiger partial charge in [0.15, 0.2) is 0 Å². The maximum absolute atomic E-state index is 2.30. The quantitative estimate of drug-likeness (QED) is 0.291. The molecule has 2 aromatic carbocycles. The predicted molar refractivity (Wildman–Crippen MR) is 144 cm³/mol. The molecule has 2 aromatic heterocycles. The molecule has 2 heterocycles. The molecule has 0 N–H and O–H groups in total. The van der Waals surface area contributed by atoms with Crippen LogP contribution in [0.15, 0.2) is 60.0 Å². The smallest absolute Gasteiger partial charge is 0.0345 e. The van der Waals surface area contributed by atoms with Crippen molar-refractivity contribution in [2.24, 2.45) is 0 Å². The lowest BCUT2D eigenvalue weighted by molar-refractivity contribution is 0.880. The maximum atomic E-state index is 2.30. The number of hydrogen-bond donors (Lipinski definition) is 0. The van der Waals surface area contributed by atoms with Crippen LogP contribution in [0.2, 0.25) is 0 Å². The Kier molecular flexibility index (Phi) is 12.7. The van der Waals surface area contributed by atoms with Crippen LogP contribution in [0.4, 0.5) is 0 Å². The average molecular weight is 441 g/mol. The Labute approximate surface area is 193 Å². The van der Waals surface area contributed by atoms with Crippen molar-refractivity contribution in [1.29, 1.82) is 0 Å². The van der Waals surface area contributed by atoms with E-state index in [-0.39, 0.29) is 0 Å². The number of rotatable bonds is 2. The number of hydrogen-bond acceptors (Lipinski definition) is 2. The van der Waals surface area contributed by atoms with E-state index < -0.39 is 0 Å². The van der Waals surface area contributed by atoms with Gasteiger partial charge in [0.1, 0.15) is 0 Å². The molecule has 30 heavy (non-hydrogen) atoms. The Balaban J connectivity index is 0.000000239. The predicted octanol–water partition coefficient (Wildman–Crippen LogP) is 10.9. The van der Waals surface area contributed by atoms with Gasteiger partial charge < -0.3 is 0 Å². The molecule has 0 unspecified atom stereocenters. The molecule has 2 heteroatoms. The van der Waals surface area contributed by atoms with Gasteiger partial charge in [-0.3, -0.25) is 0 Å². The van der Waals surface area contributed by atoms with Gasteiger partial charge in [-0.05, 0) is 51.8 Å². The Morgan fingerprint density at radius 1 is 0.700 bits per heavy atom. The third-order valence-electron chi connectivity index (χ3n) is 4.15. The van der Waals surface area contributed by atoms with Gasteiger partial charge in [0, 0.05) is 14.3 Å². The fraction of sp³-hybridized carbons (Fsp3) is 0.429. The molecule has 4 rings (SSSR count). The highest BCUT2D eigenvalue weighted by Crippen LogP contribution is 2.31. The van der Waals surface area contributed by atoms with Crippen molar-refractivity contribution in [3.05, 3.63) is 70.4 Å². The molecule has 0 aliphatic carbocycles. The van der Waals surface area contributed by atoms with Gasteiger partial charge in [-0.25, -0.2) is 0 Å². The van der Waals surface area contributed by atoms with E-state index in [2.05, 4.69) is 115 Å². The van der Waals surface area contributed by atoms with Gasteiger partial charge >= 0.3 is 0 Å². The van der Waals surface area contributed by atoms with Crippen LogP contribution in [0.5, 0.6) is 0 Å². The van der Waals surface area contributed by atoms with Crippen LogP contribution in [0.1, 0.15) is 90.5 Å². The minimum Gasteiger partial charge on any atom is -0.144 e. The van der Waals surface area contributed by atoms with E-state index in [4.69, 9.17) is 0 Å². The Bertz CT molecular complexity index is 914. The van der Waals surface area contributed by atoms with E-state index in [1.807, 2.05) is 22.7 Å². The molecule has 0 spiro atoms. The molecule has 0 amide bonds. The first-order chi connectivity index (χ1) is 14.4. The fourth-order valence-electron chi connectivity index (χ4n) is 2.73. The average Bonchev–Trinajstić information content (AvgIpc) is 3.34. The lowest BCUT2D eigenvalue weighted by Crippen LogP contribution is -1.82. The van der Waals surface area contributed by atoms with Crippen molar-refractivity contribution in [1.82, 2.24) is 0 Å². The highest BCUT2D eigenvalue weighted by molar-refractivity contribution is 7.19. The minimum absolute atomic E-state index is 0.640. The highest BCUT2D eigenvalue weighted by atomic mass is 32.1. The highest BCUT2D eigenvalue weighted by Gasteiger charge is 2.05. The van der Waals surface area contributed by atoms with Crippen LogP contribution in [-0.4, -0.2) is 0 Å². The van der Waals surface area contributed by atoms with Gasteiger partial charge in [-0.2, -0.15) is 0 Å².